The molecule has 3 aromatic rings. The molecule has 0 saturated heterocycles. The molecule has 0 spiro atoms. The fourth-order valence-electron chi connectivity index (χ4n) is 2.87. The lowest BCUT2D eigenvalue weighted by Crippen LogP contribution is -2.13. The number of aromatic nitrogens is 2. The van der Waals surface area contributed by atoms with Crippen LogP contribution in [0.3, 0.4) is 0 Å². The summed E-state index contributed by atoms with van der Waals surface area (Å²) in [5.74, 6) is 6.17. The highest BCUT2D eigenvalue weighted by Gasteiger charge is 2.19. The molecule has 1 unspecified atom stereocenters. The zero-order valence-corrected chi connectivity index (χ0v) is 18.5. The molecule has 0 amide bonds. The maximum Gasteiger partial charge on any atom is 0.180 e. The van der Waals surface area contributed by atoms with Crippen molar-refractivity contribution in [1.82, 2.24) is 9.97 Å². The summed E-state index contributed by atoms with van der Waals surface area (Å²) in [6.45, 7) is 5.22. The number of sulfone groups is 1. The van der Waals surface area contributed by atoms with Crippen LogP contribution in [0, 0.1) is 11.8 Å². The van der Waals surface area contributed by atoms with Crippen molar-refractivity contribution in [2.24, 2.45) is 0 Å². The van der Waals surface area contributed by atoms with Gasteiger partial charge in [0.25, 0.3) is 0 Å². The van der Waals surface area contributed by atoms with E-state index in [4.69, 9.17) is 5.73 Å². The van der Waals surface area contributed by atoms with Crippen molar-refractivity contribution in [1.29, 1.82) is 0 Å². The quantitative estimate of drug-likeness (QED) is 0.591. The van der Waals surface area contributed by atoms with Gasteiger partial charge >= 0.3 is 0 Å². The lowest BCUT2D eigenvalue weighted by molar-refractivity contribution is 0.173. The van der Waals surface area contributed by atoms with Crippen molar-refractivity contribution in [3.63, 3.8) is 0 Å². The van der Waals surface area contributed by atoms with Crippen molar-refractivity contribution in [3.8, 4) is 23.1 Å². The standard InChI is InChI=1S/C24H25N3O3S/c1-4-23(28)19-8-5-17(6-9-19)7-14-21-24(25)26-15-22(27-21)18-10-12-20(13-11-18)31(29,30)16(2)3/h5-6,8-13,15-16,23,28H,4H2,1-3H3,(H2,25,26). The molecule has 0 aliphatic rings. The van der Waals surface area contributed by atoms with Crippen molar-refractivity contribution >= 4 is 15.7 Å². The van der Waals surface area contributed by atoms with E-state index in [9.17, 15) is 13.5 Å². The van der Waals surface area contributed by atoms with Crippen LogP contribution in [-0.4, -0.2) is 28.7 Å². The predicted molar refractivity (Wildman–Crippen MR) is 122 cm³/mol. The lowest BCUT2D eigenvalue weighted by atomic mass is 10.1. The Morgan fingerprint density at radius 2 is 1.68 bits per heavy atom. The van der Waals surface area contributed by atoms with Crippen molar-refractivity contribution in [2.45, 2.75) is 43.4 Å². The maximum absolute atomic E-state index is 12.3. The van der Waals surface area contributed by atoms with E-state index in [0.717, 1.165) is 16.7 Å². The highest BCUT2D eigenvalue weighted by molar-refractivity contribution is 7.92. The second-order valence-electron chi connectivity index (χ2n) is 7.40. The van der Waals surface area contributed by atoms with Gasteiger partial charge in [-0.3, -0.25) is 0 Å². The van der Waals surface area contributed by atoms with E-state index < -0.39 is 21.2 Å². The van der Waals surface area contributed by atoms with Gasteiger partial charge in [0, 0.05) is 11.1 Å². The van der Waals surface area contributed by atoms with E-state index in [1.165, 1.54) is 6.20 Å². The highest BCUT2D eigenvalue weighted by atomic mass is 32.2. The van der Waals surface area contributed by atoms with Crippen LogP contribution < -0.4 is 5.73 Å². The number of aliphatic hydroxyl groups is 1. The summed E-state index contributed by atoms with van der Waals surface area (Å²) in [4.78, 5) is 8.94. The zero-order valence-electron chi connectivity index (χ0n) is 17.7. The SMILES string of the molecule is CCC(O)c1ccc(C#Cc2nc(-c3ccc(S(=O)(=O)C(C)C)cc3)cnc2N)cc1. The summed E-state index contributed by atoms with van der Waals surface area (Å²) < 4.78 is 24.6. The Balaban J connectivity index is 1.87. The molecular weight excluding hydrogens is 410 g/mol. The first kappa shape index (κ1) is 22.5. The summed E-state index contributed by atoms with van der Waals surface area (Å²) in [6, 6.07) is 13.9. The van der Waals surface area contributed by atoms with Crippen LogP contribution in [0.2, 0.25) is 0 Å². The minimum absolute atomic E-state index is 0.216. The number of hydrogen-bond donors (Lipinski definition) is 2. The number of rotatable bonds is 5. The van der Waals surface area contributed by atoms with Crippen LogP contribution >= 0.6 is 0 Å². The third-order valence-corrected chi connectivity index (χ3v) is 7.08. The predicted octanol–water partition coefficient (Wildman–Crippen LogP) is 3.75. The molecule has 3 rings (SSSR count). The minimum Gasteiger partial charge on any atom is -0.388 e. The van der Waals surface area contributed by atoms with Gasteiger partial charge in [0.05, 0.1) is 28.1 Å². The summed E-state index contributed by atoms with van der Waals surface area (Å²) >= 11 is 0. The van der Waals surface area contributed by atoms with E-state index in [0.29, 0.717) is 17.8 Å². The van der Waals surface area contributed by atoms with Crippen LogP contribution in [0.5, 0.6) is 0 Å². The number of nitrogens with two attached hydrogens (primary N) is 1. The number of anilines is 1. The van der Waals surface area contributed by atoms with Gasteiger partial charge in [0.2, 0.25) is 0 Å². The molecule has 2 aromatic carbocycles. The van der Waals surface area contributed by atoms with Gasteiger partial charge in [-0.15, -0.1) is 0 Å². The first-order valence-electron chi connectivity index (χ1n) is 9.99. The Bertz CT molecular complexity index is 1220. The molecule has 0 saturated carbocycles. The van der Waals surface area contributed by atoms with Gasteiger partial charge in [-0.2, -0.15) is 0 Å². The molecule has 0 aliphatic heterocycles. The first-order chi connectivity index (χ1) is 14.7. The van der Waals surface area contributed by atoms with E-state index >= 15 is 0 Å². The summed E-state index contributed by atoms with van der Waals surface area (Å²) in [6.07, 6.45) is 1.70. The van der Waals surface area contributed by atoms with Crippen molar-refractivity contribution < 1.29 is 13.5 Å². The van der Waals surface area contributed by atoms with Crippen LogP contribution in [0.4, 0.5) is 5.82 Å². The van der Waals surface area contributed by atoms with Crippen LogP contribution in [0.15, 0.2) is 59.6 Å². The molecule has 1 heterocycles. The lowest BCUT2D eigenvalue weighted by Gasteiger charge is -2.09. The Hall–Kier alpha value is -3.21. The molecular formula is C24H25N3O3S. The summed E-state index contributed by atoms with van der Waals surface area (Å²) in [5, 5.41) is 9.40. The normalized spacial score (nSPS) is 12.3. The Labute approximate surface area is 183 Å². The second-order valence-corrected chi connectivity index (χ2v) is 9.91. The van der Waals surface area contributed by atoms with Crippen LogP contribution in [0.1, 0.15) is 50.1 Å². The fraction of sp³-hybridized carbons (Fsp3) is 0.250. The maximum atomic E-state index is 12.3. The van der Waals surface area contributed by atoms with E-state index in [1.807, 2.05) is 31.2 Å². The third-order valence-electron chi connectivity index (χ3n) is 4.91. The number of aliphatic hydroxyl groups excluding tert-OH is 1. The zero-order chi connectivity index (χ0) is 22.6. The Morgan fingerprint density at radius 3 is 2.26 bits per heavy atom. The number of nitrogen functional groups attached to an aromatic ring is 1. The average molecular weight is 436 g/mol. The van der Waals surface area contributed by atoms with E-state index in [2.05, 4.69) is 21.8 Å². The third kappa shape index (κ3) is 5.10. The van der Waals surface area contributed by atoms with Gasteiger partial charge in [-0.05, 0) is 56.0 Å². The van der Waals surface area contributed by atoms with Gasteiger partial charge < -0.3 is 10.8 Å². The van der Waals surface area contributed by atoms with E-state index in [1.54, 1.807) is 38.1 Å². The smallest absolute Gasteiger partial charge is 0.180 e. The van der Waals surface area contributed by atoms with Gasteiger partial charge in [0.15, 0.2) is 21.3 Å². The molecule has 160 valence electrons. The molecule has 1 aromatic heterocycles. The Kier molecular flexibility index (Phi) is 6.74. The van der Waals surface area contributed by atoms with Crippen LogP contribution in [-0.2, 0) is 9.84 Å². The number of nitrogens with zero attached hydrogens (tertiary/aromatic N) is 2. The van der Waals surface area contributed by atoms with Crippen LogP contribution in [0.25, 0.3) is 11.3 Å². The van der Waals surface area contributed by atoms with Gasteiger partial charge in [-0.25, -0.2) is 18.4 Å². The molecule has 0 bridgehead atoms. The first-order valence-corrected chi connectivity index (χ1v) is 11.5. The highest BCUT2D eigenvalue weighted by Crippen LogP contribution is 2.23. The Morgan fingerprint density at radius 1 is 1.03 bits per heavy atom. The molecule has 0 fully saturated rings. The van der Waals surface area contributed by atoms with Gasteiger partial charge in [0.1, 0.15) is 0 Å². The second kappa shape index (κ2) is 9.29. The number of hydrogen-bond acceptors (Lipinski definition) is 6. The monoisotopic (exact) mass is 435 g/mol. The molecule has 1 atom stereocenters. The minimum atomic E-state index is -3.33. The molecule has 0 aliphatic carbocycles. The molecule has 31 heavy (non-hydrogen) atoms. The molecule has 0 radical (unpaired) electrons. The fourth-order valence-corrected chi connectivity index (χ4v) is 3.93. The van der Waals surface area contributed by atoms with Crippen molar-refractivity contribution in [3.05, 3.63) is 71.5 Å². The van der Waals surface area contributed by atoms with Crippen molar-refractivity contribution in [2.75, 3.05) is 5.73 Å². The molecule has 6 nitrogen and oxygen atoms in total. The topological polar surface area (TPSA) is 106 Å². The van der Waals surface area contributed by atoms with E-state index in [-0.39, 0.29) is 10.7 Å². The van der Waals surface area contributed by atoms with Gasteiger partial charge in [-0.1, -0.05) is 37.1 Å². The molecule has 3 N–H and O–H groups in total. The number of benzene rings is 2. The largest absolute Gasteiger partial charge is 0.388 e. The summed E-state index contributed by atoms with van der Waals surface area (Å²) in [7, 11) is -3.33. The summed E-state index contributed by atoms with van der Waals surface area (Å²) in [5.41, 5.74) is 9.16. The average Bonchev–Trinajstić information content (AvgIpc) is 2.78. The molecule has 7 heteroatoms.